The molecule has 0 N–H and O–H groups in total. The summed E-state index contributed by atoms with van der Waals surface area (Å²) >= 11 is 0. The zero-order chi connectivity index (χ0) is 13.9. The molecule has 4 nitrogen and oxygen atoms in total. The molecule has 19 heavy (non-hydrogen) atoms. The summed E-state index contributed by atoms with van der Waals surface area (Å²) < 4.78 is 40.0. The molecule has 2 rings (SSSR count). The van der Waals surface area contributed by atoms with Crippen molar-refractivity contribution in [1.82, 2.24) is 9.97 Å². The highest BCUT2D eigenvalue weighted by Gasteiger charge is 2.31. The maximum absolute atomic E-state index is 12.1. The summed E-state index contributed by atoms with van der Waals surface area (Å²) in [6.45, 7) is 0. The minimum atomic E-state index is -4.79. The van der Waals surface area contributed by atoms with E-state index in [1.54, 1.807) is 0 Å². The molecule has 1 aromatic heterocycles. The number of ether oxygens (including phenoxy) is 1. The number of rotatable bonds is 3. The van der Waals surface area contributed by atoms with E-state index in [4.69, 9.17) is 0 Å². The van der Waals surface area contributed by atoms with Gasteiger partial charge >= 0.3 is 6.36 Å². The first kappa shape index (κ1) is 13.0. The Morgan fingerprint density at radius 3 is 2.42 bits per heavy atom. The Balaban J connectivity index is 2.27. The van der Waals surface area contributed by atoms with Gasteiger partial charge in [-0.15, -0.1) is 13.2 Å². The standard InChI is InChI=1S/C12H7F3N2O2/c13-12(14,15)19-10-3-1-2-8(4-10)11(18)9-5-16-7-17-6-9/h1-7H. The molecule has 0 saturated heterocycles. The zero-order valence-corrected chi connectivity index (χ0v) is 9.39. The van der Waals surface area contributed by atoms with Gasteiger partial charge in [0.1, 0.15) is 12.1 Å². The summed E-state index contributed by atoms with van der Waals surface area (Å²) in [6, 6.07) is 4.82. The van der Waals surface area contributed by atoms with Crippen LogP contribution in [0.3, 0.4) is 0 Å². The average molecular weight is 268 g/mol. The Morgan fingerprint density at radius 2 is 1.79 bits per heavy atom. The number of benzene rings is 1. The van der Waals surface area contributed by atoms with Gasteiger partial charge in [-0.2, -0.15) is 0 Å². The van der Waals surface area contributed by atoms with Crippen LogP contribution in [0, 0.1) is 0 Å². The van der Waals surface area contributed by atoms with Crippen LogP contribution in [-0.2, 0) is 0 Å². The Bertz CT molecular complexity index is 585. The molecule has 7 heteroatoms. The Kier molecular flexibility index (Phi) is 3.46. The van der Waals surface area contributed by atoms with Crippen molar-refractivity contribution in [3.8, 4) is 5.75 Å². The van der Waals surface area contributed by atoms with Crippen molar-refractivity contribution in [2.24, 2.45) is 0 Å². The third kappa shape index (κ3) is 3.51. The summed E-state index contributed by atoms with van der Waals surface area (Å²) in [5, 5.41) is 0. The molecule has 0 aliphatic heterocycles. The summed E-state index contributed by atoms with van der Waals surface area (Å²) in [7, 11) is 0. The molecule has 0 aliphatic rings. The highest BCUT2D eigenvalue weighted by Crippen LogP contribution is 2.24. The highest BCUT2D eigenvalue weighted by atomic mass is 19.4. The summed E-state index contributed by atoms with van der Waals surface area (Å²) in [5.41, 5.74) is 0.253. The molecule has 0 fully saturated rings. The third-order valence-corrected chi connectivity index (χ3v) is 2.15. The van der Waals surface area contributed by atoms with Crippen LogP contribution >= 0.6 is 0 Å². The van der Waals surface area contributed by atoms with Crippen LogP contribution < -0.4 is 4.74 Å². The lowest BCUT2D eigenvalue weighted by atomic mass is 10.1. The predicted molar refractivity (Wildman–Crippen MR) is 58.6 cm³/mol. The molecule has 0 saturated carbocycles. The molecule has 0 aliphatic carbocycles. The number of carbonyl (C=O) groups is 1. The smallest absolute Gasteiger partial charge is 0.406 e. The number of carbonyl (C=O) groups excluding carboxylic acids is 1. The van der Waals surface area contributed by atoms with Crippen molar-refractivity contribution in [1.29, 1.82) is 0 Å². The predicted octanol–water partition coefficient (Wildman–Crippen LogP) is 2.61. The number of aromatic nitrogens is 2. The quantitative estimate of drug-likeness (QED) is 0.803. The van der Waals surface area contributed by atoms with Crippen molar-refractivity contribution in [3.63, 3.8) is 0 Å². The first-order valence-corrected chi connectivity index (χ1v) is 5.11. The fourth-order valence-electron chi connectivity index (χ4n) is 1.42. The molecule has 0 atom stereocenters. The van der Waals surface area contributed by atoms with Crippen LogP contribution in [-0.4, -0.2) is 22.1 Å². The van der Waals surface area contributed by atoms with E-state index in [0.29, 0.717) is 0 Å². The summed E-state index contributed by atoms with van der Waals surface area (Å²) in [5.74, 6) is -0.927. The van der Waals surface area contributed by atoms with Crippen LogP contribution in [0.4, 0.5) is 13.2 Å². The fourth-order valence-corrected chi connectivity index (χ4v) is 1.42. The first-order chi connectivity index (χ1) is 8.96. The van der Waals surface area contributed by atoms with Crippen LogP contribution in [0.1, 0.15) is 15.9 Å². The van der Waals surface area contributed by atoms with Gasteiger partial charge in [-0.05, 0) is 12.1 Å². The second-order valence-electron chi connectivity index (χ2n) is 3.53. The van der Waals surface area contributed by atoms with Crippen LogP contribution in [0.15, 0.2) is 43.0 Å². The molecule has 0 amide bonds. The largest absolute Gasteiger partial charge is 0.573 e. The van der Waals surface area contributed by atoms with E-state index in [0.717, 1.165) is 12.1 Å². The second kappa shape index (κ2) is 5.05. The van der Waals surface area contributed by atoms with Crippen LogP contribution in [0.2, 0.25) is 0 Å². The molecule has 0 spiro atoms. The van der Waals surface area contributed by atoms with Crippen molar-refractivity contribution >= 4 is 5.78 Å². The van der Waals surface area contributed by atoms with Crippen LogP contribution in [0.5, 0.6) is 5.75 Å². The fraction of sp³-hybridized carbons (Fsp3) is 0.0833. The van der Waals surface area contributed by atoms with Crippen molar-refractivity contribution in [2.75, 3.05) is 0 Å². The average Bonchev–Trinajstić information content (AvgIpc) is 2.37. The number of halogens is 3. The van der Waals surface area contributed by atoms with E-state index in [2.05, 4.69) is 14.7 Å². The van der Waals surface area contributed by atoms with E-state index in [1.807, 2.05) is 0 Å². The Labute approximate surface area is 105 Å². The minimum absolute atomic E-state index is 0.0663. The maximum Gasteiger partial charge on any atom is 0.573 e. The molecule has 0 radical (unpaired) electrons. The van der Waals surface area contributed by atoms with E-state index < -0.39 is 17.9 Å². The van der Waals surface area contributed by atoms with Gasteiger partial charge in [-0.1, -0.05) is 12.1 Å². The maximum atomic E-state index is 12.1. The molecule has 1 aromatic carbocycles. The Hall–Kier alpha value is -2.44. The number of alkyl halides is 3. The molecule has 1 heterocycles. The van der Waals surface area contributed by atoms with Gasteiger partial charge in [0.25, 0.3) is 0 Å². The van der Waals surface area contributed by atoms with Gasteiger partial charge in [-0.25, -0.2) is 9.97 Å². The highest BCUT2D eigenvalue weighted by molar-refractivity contribution is 6.08. The van der Waals surface area contributed by atoms with E-state index in [9.17, 15) is 18.0 Å². The summed E-state index contributed by atoms with van der Waals surface area (Å²) in [4.78, 5) is 19.3. The normalized spacial score (nSPS) is 11.1. The van der Waals surface area contributed by atoms with Crippen molar-refractivity contribution in [3.05, 3.63) is 54.1 Å². The summed E-state index contributed by atoms with van der Waals surface area (Å²) in [6.07, 6.45) is -0.975. The van der Waals surface area contributed by atoms with Gasteiger partial charge in [0, 0.05) is 18.0 Å². The lowest BCUT2D eigenvalue weighted by molar-refractivity contribution is -0.274. The van der Waals surface area contributed by atoms with Gasteiger partial charge in [0.15, 0.2) is 5.78 Å². The minimum Gasteiger partial charge on any atom is -0.406 e. The van der Waals surface area contributed by atoms with E-state index in [-0.39, 0.29) is 11.1 Å². The van der Waals surface area contributed by atoms with E-state index in [1.165, 1.54) is 30.9 Å². The lowest BCUT2D eigenvalue weighted by Gasteiger charge is -2.09. The molecule has 0 bridgehead atoms. The first-order valence-electron chi connectivity index (χ1n) is 5.11. The molecule has 0 unspecified atom stereocenters. The number of ketones is 1. The van der Waals surface area contributed by atoms with Gasteiger partial charge < -0.3 is 4.74 Å². The zero-order valence-electron chi connectivity index (χ0n) is 9.39. The van der Waals surface area contributed by atoms with Crippen molar-refractivity contribution in [2.45, 2.75) is 6.36 Å². The monoisotopic (exact) mass is 268 g/mol. The molecular weight excluding hydrogens is 261 g/mol. The third-order valence-electron chi connectivity index (χ3n) is 2.15. The SMILES string of the molecule is O=C(c1cncnc1)c1cccc(OC(F)(F)F)c1. The molecule has 2 aromatic rings. The molecular formula is C12H7F3N2O2. The Morgan fingerprint density at radius 1 is 1.11 bits per heavy atom. The van der Waals surface area contributed by atoms with Gasteiger partial charge in [-0.3, -0.25) is 4.79 Å². The number of hydrogen-bond acceptors (Lipinski definition) is 4. The second-order valence-corrected chi connectivity index (χ2v) is 3.53. The topological polar surface area (TPSA) is 52.1 Å². The van der Waals surface area contributed by atoms with Crippen LogP contribution in [0.25, 0.3) is 0 Å². The molecule has 98 valence electrons. The van der Waals surface area contributed by atoms with Gasteiger partial charge in [0.2, 0.25) is 0 Å². The number of hydrogen-bond donors (Lipinski definition) is 0. The number of nitrogens with zero attached hydrogens (tertiary/aromatic N) is 2. The lowest BCUT2D eigenvalue weighted by Crippen LogP contribution is -2.17. The van der Waals surface area contributed by atoms with Crippen molar-refractivity contribution < 1.29 is 22.7 Å². The van der Waals surface area contributed by atoms with Gasteiger partial charge in [0.05, 0.1) is 5.56 Å². The van der Waals surface area contributed by atoms with E-state index >= 15 is 0 Å².